The monoisotopic (exact) mass is 564 g/mol. The summed E-state index contributed by atoms with van der Waals surface area (Å²) >= 11 is 12.4. The number of nitrogens with zero attached hydrogens (tertiary/aromatic N) is 4. The molecule has 12 heteroatoms. The van der Waals surface area contributed by atoms with Crippen LogP contribution in [0.2, 0.25) is 10.0 Å². The lowest BCUT2D eigenvalue weighted by Crippen LogP contribution is -2.73. The Morgan fingerprint density at radius 2 is 1.95 bits per heavy atom. The van der Waals surface area contributed by atoms with E-state index in [0.29, 0.717) is 22.5 Å². The summed E-state index contributed by atoms with van der Waals surface area (Å²) in [7, 11) is 1.42. The third-order valence-electron chi connectivity index (χ3n) is 8.46. The van der Waals surface area contributed by atoms with Crippen molar-refractivity contribution in [2.75, 3.05) is 38.2 Å². The highest BCUT2D eigenvalue weighted by molar-refractivity contribution is 6.35. The van der Waals surface area contributed by atoms with Gasteiger partial charge < -0.3 is 19.3 Å². The minimum atomic E-state index is -0.741. The average Bonchev–Trinajstić information content (AvgIpc) is 3.28. The smallest absolute Gasteiger partial charge is 0.409 e. The minimum Gasteiger partial charge on any atom is -0.453 e. The minimum absolute atomic E-state index is 0.00430. The van der Waals surface area contributed by atoms with E-state index in [1.54, 1.807) is 4.90 Å². The molecule has 2 aromatic rings. The Bertz CT molecular complexity index is 1210. The first-order valence-electron chi connectivity index (χ1n) is 13.0. The summed E-state index contributed by atoms with van der Waals surface area (Å²) < 4.78 is 25.1. The topological polar surface area (TPSA) is 91.9 Å². The number of likely N-dealkylation sites (tertiary alicyclic amines) is 1. The van der Waals surface area contributed by atoms with Crippen LogP contribution in [0.25, 0.3) is 0 Å². The summed E-state index contributed by atoms with van der Waals surface area (Å²) in [4.78, 5) is 24.0. The Labute approximate surface area is 230 Å². The van der Waals surface area contributed by atoms with E-state index in [9.17, 15) is 9.18 Å². The molecule has 1 aliphatic carbocycles. The van der Waals surface area contributed by atoms with E-state index in [1.807, 2.05) is 13.1 Å². The highest BCUT2D eigenvalue weighted by atomic mass is 35.5. The Balaban J connectivity index is 1.06. The molecule has 4 fully saturated rings. The Morgan fingerprint density at radius 1 is 1.16 bits per heavy atom. The molecular formula is C26H31Cl2FN6O3. The second kappa shape index (κ2) is 10.1. The van der Waals surface area contributed by atoms with Crippen molar-refractivity contribution in [2.45, 2.75) is 50.5 Å². The number of hydrazine groups is 1. The predicted octanol–water partition coefficient (Wildman–Crippen LogP) is 4.27. The number of halogens is 3. The molecule has 3 aliphatic heterocycles. The highest BCUT2D eigenvalue weighted by Gasteiger charge is 2.54. The molecule has 5 heterocycles. The van der Waals surface area contributed by atoms with Gasteiger partial charge in [-0.15, -0.1) is 0 Å². The van der Waals surface area contributed by atoms with E-state index in [2.05, 4.69) is 32.9 Å². The van der Waals surface area contributed by atoms with Crippen molar-refractivity contribution in [1.82, 2.24) is 25.7 Å². The van der Waals surface area contributed by atoms with Crippen LogP contribution in [0.15, 0.2) is 24.5 Å². The van der Waals surface area contributed by atoms with Gasteiger partial charge in [0.2, 0.25) is 5.95 Å². The molecule has 0 aromatic carbocycles. The van der Waals surface area contributed by atoms with Crippen LogP contribution in [0.5, 0.6) is 0 Å². The molecule has 6 rings (SSSR count). The van der Waals surface area contributed by atoms with Gasteiger partial charge in [0.15, 0.2) is 0 Å². The number of anilines is 1. The number of pyridine rings is 2. The maximum Gasteiger partial charge on any atom is 0.409 e. The molecule has 0 radical (unpaired) electrons. The second-order valence-corrected chi connectivity index (χ2v) is 11.8. The number of fused-ring (bicyclic) bond motifs is 1. The molecule has 2 N–H and O–H groups in total. The van der Waals surface area contributed by atoms with E-state index in [0.717, 1.165) is 56.8 Å². The van der Waals surface area contributed by atoms with E-state index >= 15 is 0 Å². The first-order valence-corrected chi connectivity index (χ1v) is 13.7. The summed E-state index contributed by atoms with van der Waals surface area (Å²) in [5.74, 6) is 0.533. The van der Waals surface area contributed by atoms with Crippen molar-refractivity contribution >= 4 is 35.1 Å². The van der Waals surface area contributed by atoms with Crippen LogP contribution in [0.4, 0.5) is 15.0 Å². The van der Waals surface area contributed by atoms with Crippen molar-refractivity contribution in [2.24, 2.45) is 11.3 Å². The molecule has 0 bridgehead atoms. The van der Waals surface area contributed by atoms with Gasteiger partial charge in [-0.3, -0.25) is 5.43 Å². The molecule has 4 aliphatic rings. The Kier molecular flexibility index (Phi) is 6.88. The second-order valence-electron chi connectivity index (χ2n) is 11.0. The van der Waals surface area contributed by atoms with E-state index in [1.165, 1.54) is 13.3 Å². The number of carbonyl (C=O) groups is 1. The summed E-state index contributed by atoms with van der Waals surface area (Å²) in [6.07, 6.45) is 5.21. The lowest BCUT2D eigenvalue weighted by Gasteiger charge is -2.59. The standard InChI is InChI=1S/C26H31Cl2FN6O3/c1-14(21-18(27)9-31-24(29)22(21)28)38-16-4-5-19-17(7-16)23(33-32-19)15-3-6-20(30-8-15)34-10-26(11-34)12-35(13-26)25(36)37-2/h3,6,8-9,14,16-17,19,23,32-33H,4-5,7,10-13H2,1-2H3/t14-,16?,17?,19?,23?/m1/s1. The number of ether oxygens (including phenoxy) is 2. The zero-order valence-corrected chi connectivity index (χ0v) is 22.8. The van der Waals surface area contributed by atoms with Gasteiger partial charge in [0.1, 0.15) is 10.8 Å². The van der Waals surface area contributed by atoms with Gasteiger partial charge in [-0.25, -0.2) is 20.2 Å². The van der Waals surface area contributed by atoms with Crippen LogP contribution in [-0.2, 0) is 9.47 Å². The summed E-state index contributed by atoms with van der Waals surface area (Å²) in [6.45, 7) is 5.12. The Morgan fingerprint density at radius 3 is 2.66 bits per heavy atom. The summed E-state index contributed by atoms with van der Waals surface area (Å²) in [5, 5.41) is 0.218. The maximum atomic E-state index is 13.9. The van der Waals surface area contributed by atoms with Crippen molar-refractivity contribution in [3.05, 3.63) is 51.6 Å². The van der Waals surface area contributed by atoms with Gasteiger partial charge >= 0.3 is 6.09 Å². The third kappa shape index (κ3) is 4.60. The lowest BCUT2D eigenvalue weighted by molar-refractivity contribution is -0.0371. The van der Waals surface area contributed by atoms with E-state index in [-0.39, 0.29) is 28.7 Å². The van der Waals surface area contributed by atoms with Crippen LogP contribution < -0.4 is 15.8 Å². The lowest BCUT2D eigenvalue weighted by atomic mass is 9.73. The molecule has 1 saturated carbocycles. The zero-order chi connectivity index (χ0) is 26.6. The van der Waals surface area contributed by atoms with Crippen LogP contribution in [0.1, 0.15) is 49.5 Å². The first kappa shape index (κ1) is 26.0. The van der Waals surface area contributed by atoms with Crippen molar-refractivity contribution < 1.29 is 18.7 Å². The molecule has 5 atom stereocenters. The SMILES string of the molecule is COC(=O)N1CC2(C1)CN(c1ccc(C3NNC4CCC(O[C@H](C)c5c(Cl)cnc(F)c5Cl)CC43)cn1)C2. The maximum absolute atomic E-state index is 13.9. The number of hydrogen-bond donors (Lipinski definition) is 2. The van der Waals surface area contributed by atoms with Crippen molar-refractivity contribution in [3.63, 3.8) is 0 Å². The zero-order valence-electron chi connectivity index (χ0n) is 21.3. The fourth-order valence-electron chi connectivity index (χ4n) is 6.57. The highest BCUT2D eigenvalue weighted by Crippen LogP contribution is 2.43. The van der Waals surface area contributed by atoms with Crippen LogP contribution in [0, 0.1) is 17.3 Å². The van der Waals surface area contributed by atoms with E-state index in [4.69, 9.17) is 37.7 Å². The molecule has 3 saturated heterocycles. The molecule has 38 heavy (non-hydrogen) atoms. The van der Waals surface area contributed by atoms with Crippen molar-refractivity contribution in [1.29, 1.82) is 0 Å². The average molecular weight is 565 g/mol. The van der Waals surface area contributed by atoms with Crippen LogP contribution in [0.3, 0.4) is 0 Å². The molecule has 4 unspecified atom stereocenters. The molecule has 2 aromatic heterocycles. The first-order chi connectivity index (χ1) is 18.3. The number of aromatic nitrogens is 2. The van der Waals surface area contributed by atoms with Gasteiger partial charge in [0, 0.05) is 55.6 Å². The fourth-order valence-corrected chi connectivity index (χ4v) is 7.22. The fraction of sp³-hybridized carbons (Fsp3) is 0.577. The number of methoxy groups -OCH3 is 1. The van der Waals surface area contributed by atoms with Gasteiger partial charge in [0.25, 0.3) is 0 Å². The molecule has 1 spiro atoms. The van der Waals surface area contributed by atoms with E-state index < -0.39 is 12.1 Å². The normalized spacial score (nSPS) is 28.4. The quantitative estimate of drug-likeness (QED) is 0.520. The summed E-state index contributed by atoms with van der Waals surface area (Å²) in [6, 6.07) is 4.67. The Hall–Kier alpha value is -2.24. The summed E-state index contributed by atoms with van der Waals surface area (Å²) in [5.41, 5.74) is 8.66. The number of carbonyl (C=O) groups excluding carboxylic acids is 1. The molecule has 1 amide bonds. The largest absolute Gasteiger partial charge is 0.453 e. The predicted molar refractivity (Wildman–Crippen MR) is 141 cm³/mol. The number of amides is 1. The number of nitrogens with one attached hydrogen (secondary N) is 2. The van der Waals surface area contributed by atoms with Crippen LogP contribution >= 0.6 is 23.2 Å². The third-order valence-corrected chi connectivity index (χ3v) is 9.13. The molecule has 9 nitrogen and oxygen atoms in total. The number of rotatable bonds is 5. The van der Waals surface area contributed by atoms with Gasteiger partial charge in [0.05, 0.1) is 30.4 Å². The van der Waals surface area contributed by atoms with Crippen molar-refractivity contribution in [3.8, 4) is 0 Å². The van der Waals surface area contributed by atoms with Gasteiger partial charge in [-0.05, 0) is 43.7 Å². The van der Waals surface area contributed by atoms with Gasteiger partial charge in [-0.1, -0.05) is 29.3 Å². The molecule has 204 valence electrons. The number of hydrogen-bond acceptors (Lipinski definition) is 8. The van der Waals surface area contributed by atoms with Crippen LogP contribution in [-0.4, -0.2) is 66.4 Å². The van der Waals surface area contributed by atoms with Gasteiger partial charge in [-0.2, -0.15) is 4.39 Å². The molecular weight excluding hydrogens is 534 g/mol.